The lowest BCUT2D eigenvalue weighted by atomic mass is 10.1. The Bertz CT molecular complexity index is 541. The Morgan fingerprint density at radius 3 is 2.60 bits per heavy atom. The van der Waals surface area contributed by atoms with Crippen molar-refractivity contribution in [2.24, 2.45) is 0 Å². The van der Waals surface area contributed by atoms with Crippen LogP contribution in [0.5, 0.6) is 0 Å². The van der Waals surface area contributed by atoms with E-state index >= 15 is 0 Å². The fourth-order valence-corrected chi connectivity index (χ4v) is 1.46. The van der Waals surface area contributed by atoms with Crippen molar-refractivity contribution < 1.29 is 14.3 Å². The van der Waals surface area contributed by atoms with Gasteiger partial charge in [-0.15, -0.1) is 0 Å². The van der Waals surface area contributed by atoms with Crippen molar-refractivity contribution in [3.63, 3.8) is 0 Å². The van der Waals surface area contributed by atoms with E-state index in [0.717, 1.165) is 0 Å². The first kappa shape index (κ1) is 9.67. The van der Waals surface area contributed by atoms with Crippen molar-refractivity contribution in [3.05, 3.63) is 40.9 Å². The maximum Gasteiger partial charge on any atom is 0.356 e. The third-order valence-electron chi connectivity index (χ3n) is 1.90. The molecular weight excluding hydrogens is 214 g/mol. The molecule has 0 fully saturated rings. The summed E-state index contributed by atoms with van der Waals surface area (Å²) in [7, 11) is 0. The molecule has 0 saturated carbocycles. The van der Waals surface area contributed by atoms with Crippen molar-refractivity contribution in [1.29, 1.82) is 0 Å². The van der Waals surface area contributed by atoms with Crippen molar-refractivity contribution >= 4 is 18.2 Å². The molecule has 4 nitrogen and oxygen atoms in total. The molecule has 1 heterocycles. The zero-order valence-corrected chi connectivity index (χ0v) is 8.38. The van der Waals surface area contributed by atoms with E-state index in [4.69, 9.17) is 21.7 Å². The highest BCUT2D eigenvalue weighted by atomic mass is 32.1. The summed E-state index contributed by atoms with van der Waals surface area (Å²) in [4.78, 5) is 13.4. The van der Waals surface area contributed by atoms with Gasteiger partial charge in [-0.3, -0.25) is 0 Å². The summed E-state index contributed by atoms with van der Waals surface area (Å²) in [6, 6.07) is 8.95. The molecule has 0 aliphatic rings. The number of hydrogen-bond acceptors (Lipinski definition) is 3. The first-order valence-electron chi connectivity index (χ1n) is 4.20. The summed E-state index contributed by atoms with van der Waals surface area (Å²) < 4.78 is 5.14. The quantitative estimate of drug-likeness (QED) is 0.765. The molecule has 0 aliphatic carbocycles. The maximum absolute atomic E-state index is 10.9. The minimum atomic E-state index is -1.09. The first-order valence-corrected chi connectivity index (χ1v) is 4.61. The van der Waals surface area contributed by atoms with Gasteiger partial charge in [0.15, 0.2) is 11.5 Å². The van der Waals surface area contributed by atoms with Crippen molar-refractivity contribution in [2.75, 3.05) is 0 Å². The molecule has 0 saturated heterocycles. The summed E-state index contributed by atoms with van der Waals surface area (Å²) in [5.41, 5.74) is 0.661. The number of nitrogens with one attached hydrogen (secondary N) is 1. The average Bonchev–Trinajstić information content (AvgIpc) is 2.62. The van der Waals surface area contributed by atoms with Crippen molar-refractivity contribution in [3.8, 4) is 11.3 Å². The van der Waals surface area contributed by atoms with Crippen LogP contribution in [0.4, 0.5) is 0 Å². The van der Waals surface area contributed by atoms with E-state index in [2.05, 4.69) is 4.98 Å². The van der Waals surface area contributed by atoms with Gasteiger partial charge in [0.2, 0.25) is 0 Å². The van der Waals surface area contributed by atoms with Gasteiger partial charge in [0.1, 0.15) is 0 Å². The van der Waals surface area contributed by atoms with Gasteiger partial charge in [-0.25, -0.2) is 4.79 Å². The monoisotopic (exact) mass is 221 g/mol. The molecule has 0 bridgehead atoms. The van der Waals surface area contributed by atoms with Crippen LogP contribution in [0.3, 0.4) is 0 Å². The zero-order valence-electron chi connectivity index (χ0n) is 7.56. The van der Waals surface area contributed by atoms with E-state index in [0.29, 0.717) is 5.56 Å². The molecule has 5 heteroatoms. The predicted octanol–water partition coefficient (Wildman–Crippen LogP) is 2.70. The second kappa shape index (κ2) is 3.70. The van der Waals surface area contributed by atoms with E-state index in [1.54, 1.807) is 24.3 Å². The number of aromatic carboxylic acids is 1. The second-order valence-electron chi connectivity index (χ2n) is 2.89. The fraction of sp³-hybridized carbons (Fsp3) is 0. The van der Waals surface area contributed by atoms with Crippen LogP contribution in [-0.4, -0.2) is 16.1 Å². The van der Waals surface area contributed by atoms with Gasteiger partial charge in [-0.1, -0.05) is 30.3 Å². The van der Waals surface area contributed by atoms with Gasteiger partial charge < -0.3 is 14.5 Å². The Morgan fingerprint density at radius 2 is 2.00 bits per heavy atom. The van der Waals surface area contributed by atoms with Gasteiger partial charge in [-0.05, 0) is 12.2 Å². The molecule has 0 aliphatic heterocycles. The standard InChI is InChI=1S/C10H7NO3S/c12-9(13)7-8(14-10(15)11-7)6-4-2-1-3-5-6/h1-5H,(H,11,15)(H,12,13). The third kappa shape index (κ3) is 1.82. The molecule has 0 spiro atoms. The smallest absolute Gasteiger partial charge is 0.356 e. The molecule has 1 aromatic carbocycles. The first-order chi connectivity index (χ1) is 7.18. The molecule has 0 atom stereocenters. The number of carboxylic acid groups (broad SMARTS) is 1. The Morgan fingerprint density at radius 1 is 1.33 bits per heavy atom. The molecular formula is C10H7NO3S. The molecule has 1 aromatic heterocycles. The minimum absolute atomic E-state index is 0.0220. The molecule has 2 N–H and O–H groups in total. The fourth-order valence-electron chi connectivity index (χ4n) is 1.27. The Hall–Kier alpha value is -1.88. The maximum atomic E-state index is 10.9. The van der Waals surface area contributed by atoms with Crippen LogP contribution in [0.2, 0.25) is 0 Å². The van der Waals surface area contributed by atoms with Gasteiger partial charge >= 0.3 is 5.97 Å². The van der Waals surface area contributed by atoms with E-state index < -0.39 is 5.97 Å². The number of carboxylic acids is 1. The van der Waals surface area contributed by atoms with E-state index in [9.17, 15) is 4.79 Å². The summed E-state index contributed by atoms with van der Waals surface area (Å²) in [6.07, 6.45) is 0. The molecule has 0 radical (unpaired) electrons. The van der Waals surface area contributed by atoms with Crippen molar-refractivity contribution in [2.45, 2.75) is 0 Å². The summed E-state index contributed by atoms with van der Waals surface area (Å²) in [5, 5.41) is 8.90. The lowest BCUT2D eigenvalue weighted by Gasteiger charge is -1.96. The molecule has 2 aromatic rings. The van der Waals surface area contributed by atoms with E-state index in [1.807, 2.05) is 6.07 Å². The summed E-state index contributed by atoms with van der Waals surface area (Å²) >= 11 is 4.75. The Labute approximate surface area is 90.2 Å². The molecule has 2 rings (SSSR count). The van der Waals surface area contributed by atoms with Gasteiger partial charge in [0.05, 0.1) is 0 Å². The number of H-pyrrole nitrogens is 1. The number of oxazole rings is 1. The van der Waals surface area contributed by atoms with Gasteiger partial charge in [-0.2, -0.15) is 0 Å². The lowest BCUT2D eigenvalue weighted by molar-refractivity contribution is 0.0691. The van der Waals surface area contributed by atoms with E-state index in [1.165, 1.54) is 0 Å². The van der Waals surface area contributed by atoms with Crippen LogP contribution in [0.1, 0.15) is 10.5 Å². The zero-order chi connectivity index (χ0) is 10.8. The predicted molar refractivity (Wildman–Crippen MR) is 56.3 cm³/mol. The number of aromatic nitrogens is 1. The average molecular weight is 221 g/mol. The number of aromatic amines is 1. The normalized spacial score (nSPS) is 10.1. The number of benzene rings is 1. The number of rotatable bonds is 2. The number of carbonyl (C=O) groups is 1. The summed E-state index contributed by atoms with van der Waals surface area (Å²) in [5.74, 6) is -0.832. The van der Waals surface area contributed by atoms with E-state index in [-0.39, 0.29) is 16.3 Å². The highest BCUT2D eigenvalue weighted by Crippen LogP contribution is 2.23. The van der Waals surface area contributed by atoms with Gasteiger partial charge in [0, 0.05) is 5.56 Å². The Kier molecular flexibility index (Phi) is 2.39. The van der Waals surface area contributed by atoms with Crippen LogP contribution in [-0.2, 0) is 0 Å². The van der Waals surface area contributed by atoms with Crippen LogP contribution in [0, 0.1) is 4.84 Å². The Balaban J connectivity index is 2.63. The summed E-state index contributed by atoms with van der Waals surface area (Å²) in [6.45, 7) is 0. The SMILES string of the molecule is O=C(O)c1[nH]c(=S)oc1-c1ccccc1. The largest absolute Gasteiger partial charge is 0.476 e. The van der Waals surface area contributed by atoms with Crippen LogP contribution in [0.15, 0.2) is 34.7 Å². The molecule has 0 amide bonds. The topological polar surface area (TPSA) is 66.2 Å². The second-order valence-corrected chi connectivity index (χ2v) is 3.26. The third-order valence-corrected chi connectivity index (χ3v) is 2.08. The van der Waals surface area contributed by atoms with Crippen LogP contribution >= 0.6 is 12.2 Å². The highest BCUT2D eigenvalue weighted by molar-refractivity contribution is 7.71. The molecule has 0 unspecified atom stereocenters. The van der Waals surface area contributed by atoms with Crippen molar-refractivity contribution in [1.82, 2.24) is 4.98 Å². The minimum Gasteiger partial charge on any atom is -0.476 e. The van der Waals surface area contributed by atoms with Crippen LogP contribution < -0.4 is 0 Å². The molecule has 15 heavy (non-hydrogen) atoms. The number of hydrogen-bond donors (Lipinski definition) is 2. The highest BCUT2D eigenvalue weighted by Gasteiger charge is 2.16. The van der Waals surface area contributed by atoms with Crippen LogP contribution in [0.25, 0.3) is 11.3 Å². The molecule has 76 valence electrons. The lowest BCUT2D eigenvalue weighted by Crippen LogP contribution is -1.98. The van der Waals surface area contributed by atoms with Gasteiger partial charge in [0.25, 0.3) is 4.84 Å².